The van der Waals surface area contributed by atoms with Gasteiger partial charge in [0.1, 0.15) is 30.9 Å². The first-order valence-electron chi connectivity index (χ1n) is 6.29. The van der Waals surface area contributed by atoms with Gasteiger partial charge in [0, 0.05) is 11.8 Å². The minimum atomic E-state index is -0.952. The van der Waals surface area contributed by atoms with Crippen molar-refractivity contribution in [2.75, 3.05) is 18.9 Å². The van der Waals surface area contributed by atoms with Gasteiger partial charge in [-0.2, -0.15) is 0 Å². The van der Waals surface area contributed by atoms with Gasteiger partial charge in [-0.15, -0.1) is 0 Å². The molecule has 0 aliphatic rings. The van der Waals surface area contributed by atoms with E-state index in [1.807, 2.05) is 0 Å². The first kappa shape index (κ1) is 15.1. The van der Waals surface area contributed by atoms with E-state index in [0.717, 1.165) is 12.1 Å². The minimum Gasteiger partial charge on any atom is -0.491 e. The van der Waals surface area contributed by atoms with Gasteiger partial charge in [0.05, 0.1) is 0 Å². The Bertz CT molecular complexity index is 590. The Morgan fingerprint density at radius 2 is 1.67 bits per heavy atom. The summed E-state index contributed by atoms with van der Waals surface area (Å²) in [6.45, 7) is -0.190. The maximum atomic E-state index is 13.3. The molecule has 112 valence electrons. The zero-order chi connectivity index (χ0) is 15.2. The molecule has 2 rings (SSSR count). The highest BCUT2D eigenvalue weighted by Crippen LogP contribution is 2.18. The zero-order valence-electron chi connectivity index (χ0n) is 11.1. The summed E-state index contributed by atoms with van der Waals surface area (Å²) in [4.78, 5) is 0. The first-order valence-corrected chi connectivity index (χ1v) is 6.29. The predicted molar refractivity (Wildman–Crippen MR) is 74.2 cm³/mol. The molecule has 0 amide bonds. The lowest BCUT2D eigenvalue weighted by Gasteiger charge is -2.14. The van der Waals surface area contributed by atoms with Crippen LogP contribution in [0.15, 0.2) is 42.5 Å². The third-order valence-electron chi connectivity index (χ3n) is 2.65. The van der Waals surface area contributed by atoms with Gasteiger partial charge in [0.25, 0.3) is 0 Å². The molecule has 0 aliphatic carbocycles. The molecule has 0 bridgehead atoms. The van der Waals surface area contributed by atoms with Crippen LogP contribution < -0.4 is 15.2 Å². The van der Waals surface area contributed by atoms with Crippen LogP contribution in [0, 0.1) is 11.6 Å². The Balaban J connectivity index is 1.79. The Kier molecular flexibility index (Phi) is 4.94. The normalized spacial score (nSPS) is 12.0. The number of nitrogen functional groups attached to an aromatic ring is 1. The smallest absolute Gasteiger partial charge is 0.167 e. The first-order chi connectivity index (χ1) is 10.0. The highest BCUT2D eigenvalue weighted by Gasteiger charge is 2.10. The second kappa shape index (κ2) is 6.90. The molecule has 0 heterocycles. The molecule has 1 atom stereocenters. The van der Waals surface area contributed by atoms with E-state index in [4.69, 9.17) is 15.2 Å². The summed E-state index contributed by atoms with van der Waals surface area (Å²) in [5.41, 5.74) is 6.14. The molecule has 3 N–H and O–H groups in total. The SMILES string of the molecule is Nc1ccc(OCC(O)COc2ccc(F)cc2F)cc1. The average molecular weight is 295 g/mol. The monoisotopic (exact) mass is 295 g/mol. The van der Waals surface area contributed by atoms with Gasteiger partial charge in [-0.3, -0.25) is 0 Å². The lowest BCUT2D eigenvalue weighted by molar-refractivity contribution is 0.0612. The third kappa shape index (κ3) is 4.61. The van der Waals surface area contributed by atoms with Gasteiger partial charge in [0.2, 0.25) is 0 Å². The summed E-state index contributed by atoms with van der Waals surface area (Å²) in [6.07, 6.45) is -0.952. The molecule has 21 heavy (non-hydrogen) atoms. The summed E-state index contributed by atoms with van der Waals surface area (Å²) in [6, 6.07) is 9.64. The number of ether oxygens (including phenoxy) is 2. The van der Waals surface area contributed by atoms with Crippen LogP contribution in [0.2, 0.25) is 0 Å². The molecule has 4 nitrogen and oxygen atoms in total. The number of halogens is 2. The van der Waals surface area contributed by atoms with Gasteiger partial charge in [0.15, 0.2) is 11.6 Å². The Morgan fingerprint density at radius 1 is 1.00 bits per heavy atom. The predicted octanol–water partition coefficient (Wildman–Crippen LogP) is 2.37. The number of benzene rings is 2. The van der Waals surface area contributed by atoms with Crippen LogP contribution in [0.4, 0.5) is 14.5 Å². The fourth-order valence-corrected chi connectivity index (χ4v) is 1.58. The van der Waals surface area contributed by atoms with Crippen LogP contribution >= 0.6 is 0 Å². The second-order valence-electron chi connectivity index (χ2n) is 4.42. The fraction of sp³-hybridized carbons (Fsp3) is 0.200. The van der Waals surface area contributed by atoms with E-state index in [-0.39, 0.29) is 19.0 Å². The van der Waals surface area contributed by atoms with E-state index in [9.17, 15) is 13.9 Å². The van der Waals surface area contributed by atoms with Crippen LogP contribution in [-0.2, 0) is 0 Å². The fourth-order valence-electron chi connectivity index (χ4n) is 1.58. The molecule has 0 spiro atoms. The Morgan fingerprint density at radius 3 is 2.33 bits per heavy atom. The second-order valence-corrected chi connectivity index (χ2v) is 4.42. The van der Waals surface area contributed by atoms with Crippen LogP contribution in [0.5, 0.6) is 11.5 Å². The molecule has 1 unspecified atom stereocenters. The molecule has 2 aromatic rings. The van der Waals surface area contributed by atoms with Crippen LogP contribution in [0.25, 0.3) is 0 Å². The number of anilines is 1. The highest BCUT2D eigenvalue weighted by molar-refractivity contribution is 5.41. The molecule has 0 saturated carbocycles. The van der Waals surface area contributed by atoms with Crippen molar-refractivity contribution in [1.29, 1.82) is 0 Å². The third-order valence-corrected chi connectivity index (χ3v) is 2.65. The van der Waals surface area contributed by atoms with E-state index in [1.54, 1.807) is 24.3 Å². The van der Waals surface area contributed by atoms with E-state index in [2.05, 4.69) is 0 Å². The van der Waals surface area contributed by atoms with Crippen molar-refractivity contribution in [1.82, 2.24) is 0 Å². The maximum absolute atomic E-state index is 13.3. The van der Waals surface area contributed by atoms with Crippen molar-refractivity contribution >= 4 is 5.69 Å². The number of rotatable bonds is 6. The Labute approximate surface area is 120 Å². The molecular weight excluding hydrogens is 280 g/mol. The number of aliphatic hydroxyl groups excluding tert-OH is 1. The van der Waals surface area contributed by atoms with Crippen molar-refractivity contribution in [3.05, 3.63) is 54.1 Å². The lowest BCUT2D eigenvalue weighted by atomic mass is 10.3. The van der Waals surface area contributed by atoms with Crippen molar-refractivity contribution < 1.29 is 23.4 Å². The van der Waals surface area contributed by atoms with Gasteiger partial charge < -0.3 is 20.3 Å². The summed E-state index contributed by atoms with van der Waals surface area (Å²) in [7, 11) is 0. The molecule has 0 saturated heterocycles. The Hall–Kier alpha value is -2.34. The van der Waals surface area contributed by atoms with Crippen LogP contribution in [0.1, 0.15) is 0 Å². The summed E-state index contributed by atoms with van der Waals surface area (Å²) in [5, 5.41) is 9.70. The molecule has 0 aliphatic heterocycles. The zero-order valence-corrected chi connectivity index (χ0v) is 11.1. The number of nitrogens with two attached hydrogens (primary N) is 1. The van der Waals surface area contributed by atoms with Crippen molar-refractivity contribution in [2.45, 2.75) is 6.10 Å². The molecule has 0 radical (unpaired) electrons. The standard InChI is InChI=1S/C15H15F2NO3/c16-10-1-6-15(14(17)7-10)21-9-12(19)8-20-13-4-2-11(18)3-5-13/h1-7,12,19H,8-9,18H2. The van der Waals surface area contributed by atoms with Crippen molar-refractivity contribution in [3.8, 4) is 11.5 Å². The summed E-state index contributed by atoms with van der Waals surface area (Å²) < 4.78 is 36.4. The quantitative estimate of drug-likeness (QED) is 0.803. The highest BCUT2D eigenvalue weighted by atomic mass is 19.1. The minimum absolute atomic E-state index is 0.0211. The summed E-state index contributed by atoms with van der Waals surface area (Å²) >= 11 is 0. The van der Waals surface area contributed by atoms with E-state index in [1.165, 1.54) is 0 Å². The van der Waals surface area contributed by atoms with Crippen molar-refractivity contribution in [2.24, 2.45) is 0 Å². The van der Waals surface area contributed by atoms with Crippen LogP contribution in [0.3, 0.4) is 0 Å². The van der Waals surface area contributed by atoms with Gasteiger partial charge >= 0.3 is 0 Å². The average Bonchev–Trinajstić information content (AvgIpc) is 2.46. The van der Waals surface area contributed by atoms with Gasteiger partial charge in [-0.25, -0.2) is 8.78 Å². The molecule has 2 aromatic carbocycles. The van der Waals surface area contributed by atoms with Crippen molar-refractivity contribution in [3.63, 3.8) is 0 Å². The number of aliphatic hydroxyl groups is 1. The van der Waals surface area contributed by atoms with Gasteiger partial charge in [-0.1, -0.05) is 0 Å². The number of hydrogen-bond donors (Lipinski definition) is 2. The topological polar surface area (TPSA) is 64.7 Å². The maximum Gasteiger partial charge on any atom is 0.167 e. The number of hydrogen-bond acceptors (Lipinski definition) is 4. The van der Waals surface area contributed by atoms with Gasteiger partial charge in [-0.05, 0) is 36.4 Å². The molecular formula is C15H15F2NO3. The van der Waals surface area contributed by atoms with Crippen LogP contribution in [-0.4, -0.2) is 24.4 Å². The molecule has 0 fully saturated rings. The lowest BCUT2D eigenvalue weighted by Crippen LogP contribution is -2.25. The van der Waals surface area contributed by atoms with E-state index in [0.29, 0.717) is 17.5 Å². The molecule has 6 heteroatoms. The van der Waals surface area contributed by atoms with E-state index < -0.39 is 17.7 Å². The largest absolute Gasteiger partial charge is 0.491 e. The summed E-state index contributed by atoms with van der Waals surface area (Å²) in [5.74, 6) is -1.08. The molecule has 0 aromatic heterocycles. The van der Waals surface area contributed by atoms with E-state index >= 15 is 0 Å².